The maximum Gasteiger partial charge on any atom is 0.299 e. The number of Topliss-reactive ketones (excluding diaryl/α,β-unsaturated/α-hetero) is 1. The van der Waals surface area contributed by atoms with E-state index >= 15 is 0 Å². The van der Waals surface area contributed by atoms with Crippen molar-refractivity contribution in [2.45, 2.75) is 26.7 Å². The molecule has 1 aliphatic rings. The monoisotopic (exact) mass is 261 g/mol. The third kappa shape index (κ3) is 2.35. The summed E-state index contributed by atoms with van der Waals surface area (Å²) >= 11 is 0. The van der Waals surface area contributed by atoms with Crippen molar-refractivity contribution in [1.82, 2.24) is 0 Å². The fourth-order valence-corrected chi connectivity index (χ4v) is 2.39. The van der Waals surface area contributed by atoms with E-state index in [2.05, 4.69) is 13.8 Å². The second-order valence-corrected chi connectivity index (χ2v) is 4.81. The van der Waals surface area contributed by atoms with Crippen molar-refractivity contribution in [2.24, 2.45) is 5.92 Å². The Kier molecular flexibility index (Phi) is 3.88. The van der Waals surface area contributed by atoms with Crippen molar-refractivity contribution in [2.75, 3.05) is 18.6 Å². The Bertz CT molecular complexity index is 506. The van der Waals surface area contributed by atoms with E-state index < -0.39 is 11.7 Å². The molecular weight excluding hydrogens is 242 g/mol. The molecule has 1 aromatic carbocycles. The van der Waals surface area contributed by atoms with Crippen LogP contribution in [0.25, 0.3) is 0 Å². The van der Waals surface area contributed by atoms with Gasteiger partial charge in [-0.1, -0.05) is 26.7 Å². The minimum atomic E-state index is -0.431. The number of amides is 1. The van der Waals surface area contributed by atoms with E-state index in [1.54, 1.807) is 30.2 Å². The first-order valence-electron chi connectivity index (χ1n) is 6.66. The number of hydrogen-bond donors (Lipinski definition) is 0. The van der Waals surface area contributed by atoms with Crippen LogP contribution in [0.15, 0.2) is 18.2 Å². The number of anilines is 1. The third-order valence-electron chi connectivity index (χ3n) is 3.77. The maximum absolute atomic E-state index is 12.1. The van der Waals surface area contributed by atoms with Crippen LogP contribution in [0.2, 0.25) is 0 Å². The van der Waals surface area contributed by atoms with Crippen molar-refractivity contribution in [3.63, 3.8) is 0 Å². The SMILES string of the molecule is CCC(CC)CN1C(=O)C(=O)c2cc(OC)ccc21. The molecule has 0 bridgehead atoms. The molecule has 1 amide bonds. The third-order valence-corrected chi connectivity index (χ3v) is 3.77. The molecule has 19 heavy (non-hydrogen) atoms. The highest BCUT2D eigenvalue weighted by molar-refractivity contribution is 6.52. The Hall–Kier alpha value is -1.84. The Labute approximate surface area is 113 Å². The van der Waals surface area contributed by atoms with Gasteiger partial charge in [0.05, 0.1) is 18.4 Å². The molecule has 0 fully saturated rings. The number of benzene rings is 1. The first-order chi connectivity index (χ1) is 9.12. The number of ketones is 1. The van der Waals surface area contributed by atoms with Crippen LogP contribution in [0.1, 0.15) is 37.0 Å². The molecule has 1 aliphatic heterocycles. The summed E-state index contributed by atoms with van der Waals surface area (Å²) in [5.41, 5.74) is 1.16. The lowest BCUT2D eigenvalue weighted by atomic mass is 10.0. The number of fused-ring (bicyclic) bond motifs is 1. The van der Waals surface area contributed by atoms with Gasteiger partial charge in [0.15, 0.2) is 0 Å². The molecule has 102 valence electrons. The lowest BCUT2D eigenvalue weighted by molar-refractivity contribution is -0.114. The lowest BCUT2D eigenvalue weighted by Gasteiger charge is -2.22. The largest absolute Gasteiger partial charge is 0.497 e. The molecule has 0 radical (unpaired) electrons. The highest BCUT2D eigenvalue weighted by Crippen LogP contribution is 2.33. The molecule has 0 unspecified atom stereocenters. The van der Waals surface area contributed by atoms with Crippen LogP contribution in [-0.2, 0) is 4.79 Å². The molecule has 0 spiro atoms. The molecule has 1 heterocycles. The number of rotatable bonds is 5. The number of carbonyl (C=O) groups is 2. The predicted octanol–water partition coefficient (Wildman–Crippen LogP) is 2.66. The average molecular weight is 261 g/mol. The van der Waals surface area contributed by atoms with Gasteiger partial charge in [-0.2, -0.15) is 0 Å². The van der Waals surface area contributed by atoms with Crippen LogP contribution in [0.4, 0.5) is 5.69 Å². The van der Waals surface area contributed by atoms with Gasteiger partial charge in [0, 0.05) is 6.54 Å². The van der Waals surface area contributed by atoms with Gasteiger partial charge in [-0.3, -0.25) is 9.59 Å². The highest BCUT2D eigenvalue weighted by atomic mass is 16.5. The quantitative estimate of drug-likeness (QED) is 0.765. The highest BCUT2D eigenvalue weighted by Gasteiger charge is 2.36. The second-order valence-electron chi connectivity index (χ2n) is 4.81. The fourth-order valence-electron chi connectivity index (χ4n) is 2.39. The number of nitrogens with zero attached hydrogens (tertiary/aromatic N) is 1. The molecule has 0 saturated heterocycles. The molecule has 4 heteroatoms. The average Bonchev–Trinajstić information content (AvgIpc) is 2.68. The summed E-state index contributed by atoms with van der Waals surface area (Å²) in [4.78, 5) is 25.7. The van der Waals surface area contributed by atoms with Crippen molar-refractivity contribution >= 4 is 17.4 Å². The molecule has 0 saturated carbocycles. The van der Waals surface area contributed by atoms with E-state index in [1.165, 1.54) is 0 Å². The van der Waals surface area contributed by atoms with Crippen molar-refractivity contribution in [1.29, 1.82) is 0 Å². The Morgan fingerprint density at radius 2 is 1.89 bits per heavy atom. The van der Waals surface area contributed by atoms with Gasteiger partial charge < -0.3 is 9.64 Å². The summed E-state index contributed by atoms with van der Waals surface area (Å²) in [6.07, 6.45) is 2.00. The number of hydrogen-bond acceptors (Lipinski definition) is 3. The summed E-state index contributed by atoms with van der Waals surface area (Å²) in [5.74, 6) is 0.170. The first-order valence-corrected chi connectivity index (χ1v) is 6.66. The first kappa shape index (κ1) is 13.6. The van der Waals surface area contributed by atoms with Crippen LogP contribution in [0.5, 0.6) is 5.75 Å². The van der Waals surface area contributed by atoms with E-state index in [0.717, 1.165) is 12.8 Å². The van der Waals surface area contributed by atoms with Gasteiger partial charge in [0.25, 0.3) is 11.7 Å². The molecule has 2 rings (SSSR count). The van der Waals surface area contributed by atoms with Gasteiger partial charge in [-0.15, -0.1) is 0 Å². The molecular formula is C15H19NO3. The van der Waals surface area contributed by atoms with E-state index in [-0.39, 0.29) is 0 Å². The van der Waals surface area contributed by atoms with Crippen LogP contribution >= 0.6 is 0 Å². The number of methoxy groups -OCH3 is 1. The van der Waals surface area contributed by atoms with Crippen molar-refractivity contribution in [3.05, 3.63) is 23.8 Å². The van der Waals surface area contributed by atoms with Crippen LogP contribution in [0.3, 0.4) is 0 Å². The van der Waals surface area contributed by atoms with Gasteiger partial charge in [0.2, 0.25) is 0 Å². The lowest BCUT2D eigenvalue weighted by Crippen LogP contribution is -2.34. The zero-order chi connectivity index (χ0) is 14.0. The molecule has 0 aromatic heterocycles. The van der Waals surface area contributed by atoms with E-state index in [9.17, 15) is 9.59 Å². The molecule has 0 N–H and O–H groups in total. The molecule has 1 aromatic rings. The van der Waals surface area contributed by atoms with Crippen LogP contribution in [0, 0.1) is 5.92 Å². The molecule has 0 atom stereocenters. The predicted molar refractivity (Wildman–Crippen MR) is 73.7 cm³/mol. The topological polar surface area (TPSA) is 46.6 Å². The van der Waals surface area contributed by atoms with E-state index in [0.29, 0.717) is 29.5 Å². The van der Waals surface area contributed by atoms with Gasteiger partial charge in [-0.25, -0.2) is 0 Å². The summed E-state index contributed by atoms with van der Waals surface area (Å²) < 4.78 is 5.10. The van der Waals surface area contributed by atoms with Gasteiger partial charge in [-0.05, 0) is 24.1 Å². The van der Waals surface area contributed by atoms with Crippen molar-refractivity contribution < 1.29 is 14.3 Å². The standard InChI is InChI=1S/C15H19NO3/c1-4-10(5-2)9-16-13-7-6-11(19-3)8-12(13)14(17)15(16)18/h6-8,10H,4-5,9H2,1-3H3. The minimum absolute atomic E-state index is 0.421. The Morgan fingerprint density at radius 1 is 1.21 bits per heavy atom. The fraction of sp³-hybridized carbons (Fsp3) is 0.467. The molecule has 4 nitrogen and oxygen atoms in total. The normalized spacial score (nSPS) is 14.2. The second kappa shape index (κ2) is 5.43. The smallest absolute Gasteiger partial charge is 0.299 e. The van der Waals surface area contributed by atoms with E-state index in [1.807, 2.05) is 0 Å². The maximum atomic E-state index is 12.1. The summed E-state index contributed by atoms with van der Waals surface area (Å²) in [5, 5.41) is 0. The van der Waals surface area contributed by atoms with Crippen LogP contribution < -0.4 is 9.64 Å². The molecule has 0 aliphatic carbocycles. The zero-order valence-corrected chi connectivity index (χ0v) is 11.6. The van der Waals surface area contributed by atoms with E-state index in [4.69, 9.17) is 4.74 Å². The Balaban J connectivity index is 2.34. The van der Waals surface area contributed by atoms with Gasteiger partial charge in [0.1, 0.15) is 5.75 Å². The summed E-state index contributed by atoms with van der Waals surface area (Å²) in [7, 11) is 1.55. The van der Waals surface area contributed by atoms with Gasteiger partial charge >= 0.3 is 0 Å². The van der Waals surface area contributed by atoms with Crippen LogP contribution in [-0.4, -0.2) is 25.3 Å². The minimum Gasteiger partial charge on any atom is -0.497 e. The number of carbonyl (C=O) groups excluding carboxylic acids is 2. The Morgan fingerprint density at radius 3 is 2.47 bits per heavy atom. The zero-order valence-electron chi connectivity index (χ0n) is 11.6. The van der Waals surface area contributed by atoms with Crippen molar-refractivity contribution in [3.8, 4) is 5.75 Å². The number of ether oxygens (including phenoxy) is 1. The summed E-state index contributed by atoms with van der Waals surface area (Å²) in [6, 6.07) is 5.21. The summed E-state index contributed by atoms with van der Waals surface area (Å²) in [6.45, 7) is 4.81.